The molecule has 3 heterocycles. The van der Waals surface area contributed by atoms with Crippen LogP contribution in [0.4, 0.5) is 0 Å². The fourth-order valence-electron chi connectivity index (χ4n) is 6.49. The number of para-hydroxylation sites is 4. The van der Waals surface area contributed by atoms with Gasteiger partial charge in [-0.2, -0.15) is 0 Å². The van der Waals surface area contributed by atoms with E-state index in [1.165, 1.54) is 101 Å². The molecule has 48 heavy (non-hydrogen) atoms. The summed E-state index contributed by atoms with van der Waals surface area (Å²) in [4.78, 5) is 15.4. The Balaban J connectivity index is 0.00000288. The molecule has 0 amide bonds. The molecule has 1 radical (unpaired) electrons. The van der Waals surface area contributed by atoms with E-state index in [1.54, 1.807) is 0 Å². The van der Waals surface area contributed by atoms with E-state index in [4.69, 9.17) is 15.0 Å². The molecule has 0 atom stereocenters. The summed E-state index contributed by atoms with van der Waals surface area (Å²) in [7, 11) is 0. The number of hydrogen-bond acceptors (Lipinski definition) is 3. The van der Waals surface area contributed by atoms with Crippen molar-refractivity contribution < 1.29 is 55.8 Å². The summed E-state index contributed by atoms with van der Waals surface area (Å²) >= 11 is 0. The molecular weight excluding hydrogens is 696 g/mol. The van der Waals surface area contributed by atoms with Crippen LogP contribution in [0.15, 0.2) is 66.7 Å². The topological polar surface area (TPSA) is 48.5 Å². The second-order valence-corrected chi connectivity index (χ2v) is 12.5. The maximum absolute atomic E-state index is 5.23. The van der Waals surface area contributed by atoms with Crippen LogP contribution in [0, 0.1) is 0 Å². The molecule has 0 aliphatic heterocycles. The van der Waals surface area contributed by atoms with Gasteiger partial charge in [0.05, 0.1) is 22.1 Å². The Morgan fingerprint density at radius 2 is 0.771 bits per heavy atom. The number of fused-ring (bicyclic) bond motifs is 2. The van der Waals surface area contributed by atoms with E-state index in [1.807, 2.05) is 0 Å². The molecule has 0 unspecified atom stereocenters. The van der Waals surface area contributed by atoms with Crippen molar-refractivity contribution in [1.82, 2.24) is 24.1 Å². The zero-order valence-corrected chi connectivity index (χ0v) is 32.6. The quantitative estimate of drug-likeness (QED) is 0.115. The Morgan fingerprint density at radius 1 is 0.417 bits per heavy atom. The van der Waals surface area contributed by atoms with E-state index < -0.39 is 0 Å². The number of benzene rings is 2. The van der Waals surface area contributed by atoms with E-state index in [2.05, 4.69) is 89.7 Å². The van der Waals surface area contributed by atoms with Crippen LogP contribution in [-0.4, -0.2) is 24.1 Å². The zero-order chi connectivity index (χ0) is 30.4. The first-order valence-corrected chi connectivity index (χ1v) is 17.7. The molecule has 263 valence electrons. The van der Waals surface area contributed by atoms with Gasteiger partial charge < -0.3 is 46.4 Å². The van der Waals surface area contributed by atoms with Crippen molar-refractivity contribution in [3.63, 3.8) is 0 Å². The number of imidazole rings is 2. The Morgan fingerprint density at radius 3 is 1.17 bits per heavy atom. The molecule has 5 aromatic rings. The van der Waals surface area contributed by atoms with Gasteiger partial charge in [-0.15, -0.1) is 0 Å². The Bertz CT molecular complexity index is 1470. The van der Waals surface area contributed by atoms with Crippen LogP contribution in [0.5, 0.6) is 0 Å². The van der Waals surface area contributed by atoms with Crippen LogP contribution < -0.4 is 37.2 Å². The molecule has 0 saturated heterocycles. The predicted molar refractivity (Wildman–Crippen MR) is 187 cm³/mol. The molecular formula is C39H53Cl3N5V-3. The van der Waals surface area contributed by atoms with Crippen LogP contribution in [0.3, 0.4) is 0 Å². The fraction of sp³-hybridized carbons (Fsp3) is 0.513. The minimum atomic E-state index is 0. The Labute approximate surface area is 319 Å². The number of hydrogen-bond donors (Lipinski definition) is 0. The third-order valence-corrected chi connectivity index (χ3v) is 8.99. The Hall–Kier alpha value is -2.02. The molecule has 9 heteroatoms. The van der Waals surface area contributed by atoms with Crippen LogP contribution in [0.25, 0.3) is 45.1 Å². The van der Waals surface area contributed by atoms with E-state index >= 15 is 0 Å². The maximum Gasteiger partial charge on any atom is 0.159 e. The molecule has 0 fully saturated rings. The van der Waals surface area contributed by atoms with E-state index in [-0.39, 0.29) is 55.8 Å². The fourth-order valence-corrected chi connectivity index (χ4v) is 6.49. The number of unbranched alkanes of at least 4 members (excludes halogenated alkanes) is 14. The summed E-state index contributed by atoms with van der Waals surface area (Å²) in [6.07, 6.45) is 21.0. The average molecular weight is 749 g/mol. The first-order valence-electron chi connectivity index (χ1n) is 17.7. The molecule has 3 aromatic heterocycles. The molecule has 0 bridgehead atoms. The number of rotatable bonds is 20. The smallest absolute Gasteiger partial charge is 0.159 e. The minimum Gasteiger partial charge on any atom is -1.00 e. The van der Waals surface area contributed by atoms with Gasteiger partial charge in [0.15, 0.2) is 11.6 Å². The summed E-state index contributed by atoms with van der Waals surface area (Å²) in [5, 5.41) is 0. The average Bonchev–Trinajstić information content (AvgIpc) is 3.62. The van der Waals surface area contributed by atoms with Crippen molar-refractivity contribution in [2.24, 2.45) is 0 Å². The second-order valence-electron chi connectivity index (χ2n) is 12.5. The summed E-state index contributed by atoms with van der Waals surface area (Å²) < 4.78 is 4.78. The second kappa shape index (κ2) is 24.2. The van der Waals surface area contributed by atoms with Crippen molar-refractivity contribution in [2.45, 2.75) is 130 Å². The summed E-state index contributed by atoms with van der Waals surface area (Å²) in [5.74, 6) is 1.92. The maximum atomic E-state index is 5.23. The number of pyridine rings is 1. The van der Waals surface area contributed by atoms with Crippen LogP contribution in [0.1, 0.15) is 117 Å². The first kappa shape index (κ1) is 44.0. The van der Waals surface area contributed by atoms with Gasteiger partial charge in [0, 0.05) is 31.6 Å². The SMILES string of the molecule is CCCCCCCCCCn1c(-c2cccc(-c3nc4ccccc4n3CCCCCCCCCC)n2)nc2ccccc21.[Cl-].[Cl-].[Cl-].[V]. The molecule has 0 saturated carbocycles. The van der Waals surface area contributed by atoms with Crippen molar-refractivity contribution in [1.29, 1.82) is 0 Å². The van der Waals surface area contributed by atoms with Gasteiger partial charge in [0.2, 0.25) is 0 Å². The van der Waals surface area contributed by atoms with Gasteiger partial charge in [0.1, 0.15) is 11.4 Å². The standard InChI is InChI=1S/C39H53N5.3ClH.V/c1-3-5-7-9-11-13-15-21-30-43-36-28-19-17-24-32(36)41-38(43)34-26-23-27-35(40-34)39-42-33-25-18-20-29-37(33)44(39)31-22-16-14-12-10-8-6-4-2;;;;/h17-20,23-29H,3-16,21-22,30-31H2,1-2H3;3*1H;/p-3. The van der Waals surface area contributed by atoms with Gasteiger partial charge >= 0.3 is 0 Å². The molecule has 0 aliphatic carbocycles. The van der Waals surface area contributed by atoms with Crippen molar-refractivity contribution in [3.8, 4) is 23.0 Å². The van der Waals surface area contributed by atoms with Gasteiger partial charge in [0.25, 0.3) is 0 Å². The minimum absolute atomic E-state index is 0. The monoisotopic (exact) mass is 747 g/mol. The normalized spacial score (nSPS) is 10.7. The molecule has 0 spiro atoms. The van der Waals surface area contributed by atoms with Gasteiger partial charge in [-0.25, -0.2) is 15.0 Å². The largest absolute Gasteiger partial charge is 1.00 e. The molecule has 5 rings (SSSR count). The van der Waals surface area contributed by atoms with Crippen LogP contribution >= 0.6 is 0 Å². The van der Waals surface area contributed by atoms with Gasteiger partial charge in [-0.1, -0.05) is 134 Å². The third kappa shape index (κ3) is 12.1. The zero-order valence-electron chi connectivity index (χ0n) is 28.9. The predicted octanol–water partition coefficient (Wildman–Crippen LogP) is 2.41. The van der Waals surface area contributed by atoms with E-state index in [0.717, 1.165) is 60.0 Å². The molecule has 2 aromatic carbocycles. The number of halogens is 3. The third-order valence-electron chi connectivity index (χ3n) is 8.99. The van der Waals surface area contributed by atoms with Gasteiger partial charge in [-0.3, -0.25) is 0 Å². The van der Waals surface area contributed by atoms with Crippen molar-refractivity contribution in [2.75, 3.05) is 0 Å². The summed E-state index contributed by atoms with van der Waals surface area (Å²) in [6.45, 7) is 6.50. The van der Waals surface area contributed by atoms with Crippen LogP contribution in [-0.2, 0) is 31.6 Å². The van der Waals surface area contributed by atoms with Crippen molar-refractivity contribution >= 4 is 22.1 Å². The Kier molecular flexibility index (Phi) is 22.2. The molecule has 0 N–H and O–H groups in total. The summed E-state index contributed by atoms with van der Waals surface area (Å²) in [5.41, 5.74) is 6.31. The summed E-state index contributed by atoms with van der Waals surface area (Å²) in [6, 6.07) is 23.4. The number of aromatic nitrogens is 5. The van der Waals surface area contributed by atoms with Crippen molar-refractivity contribution in [3.05, 3.63) is 66.7 Å². The van der Waals surface area contributed by atoms with Gasteiger partial charge in [-0.05, 0) is 49.2 Å². The van der Waals surface area contributed by atoms with E-state index in [0.29, 0.717) is 0 Å². The number of aryl methyl sites for hydroxylation is 2. The molecule has 0 aliphatic rings. The molecule has 5 nitrogen and oxygen atoms in total. The van der Waals surface area contributed by atoms with E-state index in [9.17, 15) is 0 Å². The first-order chi connectivity index (χ1) is 21.8. The number of nitrogens with zero attached hydrogens (tertiary/aromatic N) is 5. The van der Waals surface area contributed by atoms with Crippen LogP contribution in [0.2, 0.25) is 0 Å².